The monoisotopic (exact) mass is 599 g/mol. The molecule has 9 heteroatoms. The lowest BCUT2D eigenvalue weighted by molar-refractivity contribution is 0.304. The molecule has 0 aliphatic rings. The van der Waals surface area contributed by atoms with Crippen molar-refractivity contribution in [3.05, 3.63) is 61.2 Å². The van der Waals surface area contributed by atoms with Gasteiger partial charge < -0.3 is 19.8 Å². The Kier molecular flexibility index (Phi) is 14.4. The van der Waals surface area contributed by atoms with Crippen LogP contribution in [0.15, 0.2) is 71.4 Å². The van der Waals surface area contributed by atoms with Crippen LogP contribution in [0.3, 0.4) is 0 Å². The lowest BCUT2D eigenvalue weighted by Gasteiger charge is -2.06. The number of nitrogens with zero attached hydrogens (tertiary/aromatic N) is 6. The lowest BCUT2D eigenvalue weighted by atomic mass is 10.0. The van der Waals surface area contributed by atoms with E-state index in [2.05, 4.69) is 29.7 Å². The minimum Gasteiger partial charge on any atom is -0.494 e. The summed E-state index contributed by atoms with van der Waals surface area (Å²) in [6.07, 6.45) is 21.5. The maximum atomic E-state index is 5.91. The molecule has 0 spiro atoms. The van der Waals surface area contributed by atoms with Gasteiger partial charge >= 0.3 is 0 Å². The van der Waals surface area contributed by atoms with E-state index < -0.39 is 0 Å². The van der Waals surface area contributed by atoms with Crippen LogP contribution in [0.4, 0.5) is 17.2 Å². The largest absolute Gasteiger partial charge is 0.494 e. The zero-order chi connectivity index (χ0) is 30.7. The third kappa shape index (κ3) is 11.6. The van der Waals surface area contributed by atoms with E-state index in [-0.39, 0.29) is 0 Å². The molecule has 9 nitrogen and oxygen atoms in total. The average molecular weight is 600 g/mol. The average Bonchev–Trinajstić information content (AvgIpc) is 3.47. The lowest BCUT2D eigenvalue weighted by Crippen LogP contribution is -1.99. The predicted molar refractivity (Wildman–Crippen MR) is 178 cm³/mol. The first-order chi connectivity index (χ1) is 21.7. The fourth-order valence-corrected chi connectivity index (χ4v) is 5.26. The Balaban J connectivity index is 0.911. The van der Waals surface area contributed by atoms with Crippen LogP contribution in [0.5, 0.6) is 11.5 Å². The minimum absolute atomic E-state index is 0.455. The Morgan fingerprint density at radius 2 is 1.11 bits per heavy atom. The number of benzene rings is 2. The Hall–Kier alpha value is -4.01. The van der Waals surface area contributed by atoms with Crippen molar-refractivity contribution in [3.63, 3.8) is 0 Å². The summed E-state index contributed by atoms with van der Waals surface area (Å²) in [6.45, 7) is 4.32. The number of imidazole rings is 1. The van der Waals surface area contributed by atoms with E-state index in [1.165, 1.54) is 83.4 Å². The summed E-state index contributed by atoms with van der Waals surface area (Å²) in [6, 6.07) is 15.4. The smallest absolute Gasteiger partial charge is 0.165 e. The first kappa shape index (κ1) is 32.9. The molecule has 0 fully saturated rings. The minimum atomic E-state index is 0.455. The molecule has 0 saturated heterocycles. The second kappa shape index (κ2) is 19.3. The fraction of sp³-hybridized carbons (Fsp3) is 0.514. The van der Waals surface area contributed by atoms with Gasteiger partial charge in [0.2, 0.25) is 0 Å². The predicted octanol–water partition coefficient (Wildman–Crippen LogP) is 9.76. The van der Waals surface area contributed by atoms with Gasteiger partial charge in [-0.1, -0.05) is 77.0 Å². The molecule has 0 atom stereocenters. The van der Waals surface area contributed by atoms with Gasteiger partial charge in [-0.2, -0.15) is 10.2 Å². The molecule has 236 valence electrons. The van der Waals surface area contributed by atoms with Gasteiger partial charge in [-0.25, -0.2) is 15.0 Å². The Morgan fingerprint density at radius 1 is 0.614 bits per heavy atom. The topological polar surface area (TPSA) is 113 Å². The molecule has 44 heavy (non-hydrogen) atoms. The molecule has 2 aromatic carbocycles. The molecule has 0 amide bonds. The SMILES string of the molecule is CCOc1ccc(N=Nc2ccc(OCCCCCCCCCCCCCCCCn3cnc4c(N)ncnc43)cc2)cc1. The number of anilines is 1. The third-order valence-corrected chi connectivity index (χ3v) is 7.76. The number of nitrogen functional groups attached to an aromatic ring is 1. The molecule has 4 rings (SSSR count). The molecule has 0 aliphatic carbocycles. The van der Waals surface area contributed by atoms with E-state index in [4.69, 9.17) is 15.2 Å². The Bertz CT molecular complexity index is 1370. The number of ether oxygens (including phenoxy) is 2. The number of unbranched alkanes of at least 4 members (excludes halogenated alkanes) is 13. The molecular formula is C35H49N7O2. The quantitative estimate of drug-likeness (QED) is 0.0710. The van der Waals surface area contributed by atoms with Crippen molar-refractivity contribution in [2.24, 2.45) is 10.2 Å². The summed E-state index contributed by atoms with van der Waals surface area (Å²) >= 11 is 0. The number of hydrogen-bond acceptors (Lipinski definition) is 8. The molecular weight excluding hydrogens is 550 g/mol. The van der Waals surface area contributed by atoms with Crippen LogP contribution in [-0.4, -0.2) is 32.7 Å². The summed E-state index contributed by atoms with van der Waals surface area (Å²) in [7, 11) is 0. The Morgan fingerprint density at radius 3 is 1.66 bits per heavy atom. The van der Waals surface area contributed by atoms with E-state index >= 15 is 0 Å². The van der Waals surface area contributed by atoms with Gasteiger partial charge in [-0.3, -0.25) is 0 Å². The van der Waals surface area contributed by atoms with E-state index in [0.29, 0.717) is 17.9 Å². The number of nitrogens with two attached hydrogens (primary N) is 1. The van der Waals surface area contributed by atoms with Crippen LogP contribution < -0.4 is 15.2 Å². The summed E-state index contributed by atoms with van der Waals surface area (Å²) in [5.41, 5.74) is 9.02. The van der Waals surface area contributed by atoms with Crippen LogP contribution in [0, 0.1) is 0 Å². The summed E-state index contributed by atoms with van der Waals surface area (Å²) in [5, 5.41) is 8.60. The van der Waals surface area contributed by atoms with Crippen molar-refractivity contribution >= 4 is 28.4 Å². The maximum absolute atomic E-state index is 5.91. The van der Waals surface area contributed by atoms with Crippen molar-refractivity contribution in [3.8, 4) is 11.5 Å². The number of azo groups is 1. The summed E-state index contributed by atoms with van der Waals surface area (Å²) in [5.74, 6) is 2.18. The fourth-order valence-electron chi connectivity index (χ4n) is 5.26. The number of aryl methyl sites for hydroxylation is 1. The molecule has 0 bridgehead atoms. The zero-order valence-corrected chi connectivity index (χ0v) is 26.4. The van der Waals surface area contributed by atoms with Gasteiger partial charge in [-0.05, 0) is 68.3 Å². The molecule has 4 aromatic rings. The third-order valence-electron chi connectivity index (χ3n) is 7.76. The summed E-state index contributed by atoms with van der Waals surface area (Å²) < 4.78 is 13.5. The highest BCUT2D eigenvalue weighted by molar-refractivity contribution is 5.81. The standard InChI is InChI=1S/C35H49N7O2/c1-2-43-31-21-17-29(18-22-31)40-41-30-19-23-32(24-20-30)44-26-16-14-12-10-8-6-4-3-5-7-9-11-13-15-25-42-28-39-33-34(36)37-27-38-35(33)42/h17-24,27-28H,2-16,25-26H2,1H3,(H2,36,37,38). The second-order valence-corrected chi connectivity index (χ2v) is 11.3. The summed E-state index contributed by atoms with van der Waals surface area (Å²) in [4.78, 5) is 12.7. The van der Waals surface area contributed by atoms with Gasteiger partial charge in [0.15, 0.2) is 11.5 Å². The van der Waals surface area contributed by atoms with Crippen LogP contribution in [0.25, 0.3) is 11.2 Å². The van der Waals surface area contributed by atoms with Crippen LogP contribution >= 0.6 is 0 Å². The van der Waals surface area contributed by atoms with Gasteiger partial charge in [0.05, 0.1) is 30.9 Å². The molecule has 2 aromatic heterocycles. The van der Waals surface area contributed by atoms with Crippen molar-refractivity contribution in [1.82, 2.24) is 19.5 Å². The molecule has 0 aliphatic heterocycles. The first-order valence-corrected chi connectivity index (χ1v) is 16.5. The van der Waals surface area contributed by atoms with Gasteiger partial charge in [-0.15, -0.1) is 0 Å². The van der Waals surface area contributed by atoms with Crippen molar-refractivity contribution in [1.29, 1.82) is 0 Å². The van der Waals surface area contributed by atoms with Crippen LogP contribution in [-0.2, 0) is 6.54 Å². The molecule has 0 unspecified atom stereocenters. The van der Waals surface area contributed by atoms with Crippen molar-refractivity contribution < 1.29 is 9.47 Å². The number of hydrogen-bond donors (Lipinski definition) is 1. The number of fused-ring (bicyclic) bond motifs is 1. The molecule has 2 heterocycles. The van der Waals surface area contributed by atoms with Crippen LogP contribution in [0.1, 0.15) is 96.8 Å². The maximum Gasteiger partial charge on any atom is 0.165 e. The van der Waals surface area contributed by atoms with Crippen molar-refractivity contribution in [2.75, 3.05) is 18.9 Å². The van der Waals surface area contributed by atoms with Gasteiger partial charge in [0.25, 0.3) is 0 Å². The van der Waals surface area contributed by atoms with Crippen molar-refractivity contribution in [2.45, 2.75) is 103 Å². The van der Waals surface area contributed by atoms with Gasteiger partial charge in [0, 0.05) is 6.54 Å². The van der Waals surface area contributed by atoms with E-state index in [1.807, 2.05) is 61.8 Å². The van der Waals surface area contributed by atoms with E-state index in [0.717, 1.165) is 54.5 Å². The highest BCUT2D eigenvalue weighted by atomic mass is 16.5. The highest BCUT2D eigenvalue weighted by Crippen LogP contribution is 2.23. The second-order valence-electron chi connectivity index (χ2n) is 11.3. The first-order valence-electron chi connectivity index (χ1n) is 16.5. The number of aromatic nitrogens is 4. The molecule has 0 radical (unpaired) electrons. The van der Waals surface area contributed by atoms with E-state index in [1.54, 1.807) is 0 Å². The van der Waals surface area contributed by atoms with E-state index in [9.17, 15) is 0 Å². The zero-order valence-electron chi connectivity index (χ0n) is 26.4. The van der Waals surface area contributed by atoms with Gasteiger partial charge in [0.1, 0.15) is 23.3 Å². The Labute approximate surface area is 262 Å². The molecule has 2 N–H and O–H groups in total. The molecule has 0 saturated carbocycles. The normalized spacial score (nSPS) is 11.5. The van der Waals surface area contributed by atoms with Crippen LogP contribution in [0.2, 0.25) is 0 Å². The highest BCUT2D eigenvalue weighted by Gasteiger charge is 2.07. The number of rotatable bonds is 22.